The lowest BCUT2D eigenvalue weighted by Gasteiger charge is -2.17. The van der Waals surface area contributed by atoms with Crippen LogP contribution in [0.4, 0.5) is 14.6 Å². The zero-order chi connectivity index (χ0) is 22.8. The fourth-order valence-corrected chi connectivity index (χ4v) is 3.67. The predicted molar refractivity (Wildman–Crippen MR) is 124 cm³/mol. The first-order valence-electron chi connectivity index (χ1n) is 10.4. The van der Waals surface area contributed by atoms with Gasteiger partial charge >= 0.3 is 0 Å². The highest BCUT2D eigenvalue weighted by atomic mass is 19.2. The van der Waals surface area contributed by atoms with E-state index >= 15 is 0 Å². The summed E-state index contributed by atoms with van der Waals surface area (Å²) in [4.78, 5) is 18.0. The van der Waals surface area contributed by atoms with Crippen LogP contribution in [0.25, 0.3) is 33.4 Å². The van der Waals surface area contributed by atoms with Gasteiger partial charge in [-0.1, -0.05) is 24.3 Å². The molecule has 1 N–H and O–H groups in total. The minimum Gasteiger partial charge on any atom is -0.361 e. The van der Waals surface area contributed by atoms with E-state index in [1.807, 2.05) is 37.3 Å². The molecule has 2 aromatic carbocycles. The maximum absolute atomic E-state index is 14.5. The van der Waals surface area contributed by atoms with Crippen molar-refractivity contribution in [1.82, 2.24) is 19.9 Å². The third-order valence-corrected chi connectivity index (χ3v) is 5.36. The van der Waals surface area contributed by atoms with Crippen LogP contribution < -0.4 is 5.32 Å². The van der Waals surface area contributed by atoms with E-state index < -0.39 is 11.6 Å². The number of pyridine rings is 2. The lowest BCUT2D eigenvalue weighted by Crippen LogP contribution is -2.11. The zero-order valence-electron chi connectivity index (χ0n) is 17.7. The van der Waals surface area contributed by atoms with Gasteiger partial charge < -0.3 is 5.32 Å². The highest BCUT2D eigenvalue weighted by Gasteiger charge is 2.16. The van der Waals surface area contributed by atoms with Crippen molar-refractivity contribution in [3.63, 3.8) is 0 Å². The second kappa shape index (κ2) is 8.70. The molecule has 1 unspecified atom stereocenters. The van der Waals surface area contributed by atoms with Gasteiger partial charge in [-0.15, -0.1) is 0 Å². The van der Waals surface area contributed by atoms with Crippen LogP contribution in [0.1, 0.15) is 18.7 Å². The van der Waals surface area contributed by atoms with E-state index in [1.54, 1.807) is 42.9 Å². The summed E-state index contributed by atoms with van der Waals surface area (Å²) < 4.78 is 28.3. The number of halogens is 2. The van der Waals surface area contributed by atoms with E-state index in [0.29, 0.717) is 28.1 Å². The molecule has 0 radical (unpaired) electrons. The van der Waals surface area contributed by atoms with Crippen LogP contribution in [-0.2, 0) is 0 Å². The third kappa shape index (κ3) is 4.13. The highest BCUT2D eigenvalue weighted by molar-refractivity contribution is 5.94. The van der Waals surface area contributed by atoms with Crippen LogP contribution >= 0.6 is 0 Å². The second-order valence-corrected chi connectivity index (χ2v) is 7.59. The molecule has 0 saturated heterocycles. The number of rotatable bonds is 5. The molecule has 5 nitrogen and oxygen atoms in total. The fraction of sp³-hybridized carbons (Fsp3) is 0.0769. The van der Waals surface area contributed by atoms with Crippen molar-refractivity contribution >= 4 is 16.7 Å². The van der Waals surface area contributed by atoms with Crippen molar-refractivity contribution in [3.8, 4) is 22.5 Å². The zero-order valence-corrected chi connectivity index (χ0v) is 17.7. The minimum atomic E-state index is -0.891. The van der Waals surface area contributed by atoms with Crippen LogP contribution in [0.3, 0.4) is 0 Å². The van der Waals surface area contributed by atoms with Crippen LogP contribution in [-0.4, -0.2) is 19.9 Å². The van der Waals surface area contributed by atoms with Crippen molar-refractivity contribution in [2.45, 2.75) is 13.0 Å². The van der Waals surface area contributed by atoms with Crippen LogP contribution in [0.15, 0.2) is 85.3 Å². The number of fused-ring (bicyclic) bond motifs is 1. The number of hydrogen-bond acceptors (Lipinski definition) is 5. The molecule has 0 spiro atoms. The van der Waals surface area contributed by atoms with Gasteiger partial charge in [-0.05, 0) is 55.0 Å². The maximum atomic E-state index is 14.5. The van der Waals surface area contributed by atoms with Gasteiger partial charge in [0.2, 0.25) is 0 Å². The summed E-state index contributed by atoms with van der Waals surface area (Å²) in [5, 5.41) is 4.10. The molecule has 0 amide bonds. The van der Waals surface area contributed by atoms with Crippen molar-refractivity contribution in [3.05, 3.63) is 103 Å². The average Bonchev–Trinajstić information content (AvgIpc) is 2.86. The van der Waals surface area contributed by atoms with E-state index in [0.717, 1.165) is 17.3 Å². The molecule has 5 aromatic rings. The Morgan fingerprint density at radius 2 is 1.76 bits per heavy atom. The average molecular weight is 439 g/mol. The number of nitrogens with one attached hydrogen (secondary N) is 1. The van der Waals surface area contributed by atoms with Crippen molar-refractivity contribution in [1.29, 1.82) is 0 Å². The number of nitrogens with zero attached hydrogens (tertiary/aromatic N) is 4. The van der Waals surface area contributed by atoms with E-state index in [4.69, 9.17) is 4.98 Å². The summed E-state index contributed by atoms with van der Waals surface area (Å²) in [6.07, 6.45) is 5.12. The SMILES string of the molecule is CC(Nc1nc(-c2cccnc2)nc2ccc(-c3cccc(F)c3F)cc12)c1ccccn1. The van der Waals surface area contributed by atoms with E-state index in [9.17, 15) is 8.78 Å². The van der Waals surface area contributed by atoms with Crippen molar-refractivity contribution < 1.29 is 8.78 Å². The quantitative estimate of drug-likeness (QED) is 0.353. The van der Waals surface area contributed by atoms with Crippen LogP contribution in [0.5, 0.6) is 0 Å². The Morgan fingerprint density at radius 1 is 0.848 bits per heavy atom. The Morgan fingerprint density at radius 3 is 2.55 bits per heavy atom. The maximum Gasteiger partial charge on any atom is 0.166 e. The normalized spacial score (nSPS) is 12.0. The minimum absolute atomic E-state index is 0.152. The Bertz CT molecular complexity index is 1430. The number of anilines is 1. The lowest BCUT2D eigenvalue weighted by molar-refractivity contribution is 0.511. The molecule has 3 heterocycles. The van der Waals surface area contributed by atoms with Gasteiger partial charge in [0.25, 0.3) is 0 Å². The first kappa shape index (κ1) is 20.6. The molecule has 0 saturated carbocycles. The van der Waals surface area contributed by atoms with Gasteiger partial charge in [0, 0.05) is 35.1 Å². The number of hydrogen-bond donors (Lipinski definition) is 1. The molecule has 1 atom stereocenters. The standard InChI is InChI=1S/C26H19F2N5/c1-16(22-9-2-3-13-30-22)31-26-20-14-17(19-7-4-8-21(27)24(19)28)10-11-23(20)32-25(33-26)18-6-5-12-29-15-18/h2-16H,1H3,(H,31,32,33). The van der Waals surface area contributed by atoms with E-state index in [2.05, 4.69) is 20.3 Å². The van der Waals surface area contributed by atoms with Gasteiger partial charge in [-0.25, -0.2) is 18.7 Å². The van der Waals surface area contributed by atoms with Gasteiger partial charge in [0.1, 0.15) is 5.82 Å². The first-order chi connectivity index (χ1) is 16.1. The van der Waals surface area contributed by atoms with Gasteiger partial charge in [-0.3, -0.25) is 9.97 Å². The van der Waals surface area contributed by atoms with Crippen molar-refractivity contribution in [2.75, 3.05) is 5.32 Å². The topological polar surface area (TPSA) is 63.6 Å². The van der Waals surface area contributed by atoms with Gasteiger partial charge in [0.15, 0.2) is 17.5 Å². The Kier molecular flexibility index (Phi) is 5.44. The molecule has 3 aromatic heterocycles. The molecule has 162 valence electrons. The Labute approximate surface area is 189 Å². The number of aromatic nitrogens is 4. The first-order valence-corrected chi connectivity index (χ1v) is 10.4. The summed E-state index contributed by atoms with van der Waals surface area (Å²) in [6, 6.07) is 18.7. The Balaban J connectivity index is 1.66. The van der Waals surface area contributed by atoms with Crippen molar-refractivity contribution in [2.24, 2.45) is 0 Å². The fourth-order valence-electron chi connectivity index (χ4n) is 3.67. The smallest absolute Gasteiger partial charge is 0.166 e. The Hall–Kier alpha value is -4.26. The molecule has 5 rings (SSSR count). The lowest BCUT2D eigenvalue weighted by atomic mass is 10.0. The van der Waals surface area contributed by atoms with Gasteiger partial charge in [0.05, 0.1) is 17.3 Å². The molecular formula is C26H19F2N5. The highest BCUT2D eigenvalue weighted by Crippen LogP contribution is 2.32. The molecule has 0 aliphatic heterocycles. The van der Waals surface area contributed by atoms with Crippen LogP contribution in [0, 0.1) is 11.6 Å². The third-order valence-electron chi connectivity index (χ3n) is 5.36. The second-order valence-electron chi connectivity index (χ2n) is 7.59. The molecule has 0 aliphatic carbocycles. The monoisotopic (exact) mass is 439 g/mol. The molecule has 0 aliphatic rings. The summed E-state index contributed by atoms with van der Waals surface area (Å²) in [5.74, 6) is -0.703. The molecular weight excluding hydrogens is 420 g/mol. The summed E-state index contributed by atoms with van der Waals surface area (Å²) in [5.41, 5.74) is 3.00. The largest absolute Gasteiger partial charge is 0.361 e. The predicted octanol–water partition coefficient (Wildman–Crippen LogP) is 6.21. The number of benzene rings is 2. The molecule has 0 bridgehead atoms. The van der Waals surface area contributed by atoms with E-state index in [1.165, 1.54) is 6.07 Å². The summed E-state index contributed by atoms with van der Waals surface area (Å²) >= 11 is 0. The molecule has 33 heavy (non-hydrogen) atoms. The van der Waals surface area contributed by atoms with Crippen LogP contribution in [0.2, 0.25) is 0 Å². The van der Waals surface area contributed by atoms with E-state index in [-0.39, 0.29) is 11.6 Å². The molecule has 0 fully saturated rings. The summed E-state index contributed by atoms with van der Waals surface area (Å²) in [7, 11) is 0. The molecule has 7 heteroatoms. The summed E-state index contributed by atoms with van der Waals surface area (Å²) in [6.45, 7) is 1.98. The van der Waals surface area contributed by atoms with Gasteiger partial charge in [-0.2, -0.15) is 0 Å².